The second-order valence-corrected chi connectivity index (χ2v) is 4.48. The summed E-state index contributed by atoms with van der Waals surface area (Å²) in [5, 5.41) is 5.14. The van der Waals surface area contributed by atoms with Gasteiger partial charge in [0.2, 0.25) is 0 Å². The zero-order valence-corrected chi connectivity index (χ0v) is 9.10. The van der Waals surface area contributed by atoms with Gasteiger partial charge < -0.3 is 0 Å². The summed E-state index contributed by atoms with van der Waals surface area (Å²) in [5.41, 5.74) is 1.57. The molecule has 0 spiro atoms. The molecule has 1 aromatic carbocycles. The van der Waals surface area contributed by atoms with Gasteiger partial charge >= 0.3 is 10.3 Å². The van der Waals surface area contributed by atoms with Crippen molar-refractivity contribution < 1.29 is 12.6 Å². The van der Waals surface area contributed by atoms with E-state index in [2.05, 4.69) is 9.32 Å². The minimum Gasteiger partial charge on any atom is -0.253 e. The van der Waals surface area contributed by atoms with Gasteiger partial charge in [-0.05, 0) is 18.6 Å². The van der Waals surface area contributed by atoms with Crippen LogP contribution in [0, 0.1) is 6.92 Å². The van der Waals surface area contributed by atoms with Crippen molar-refractivity contribution in [2.45, 2.75) is 13.5 Å². The Bertz CT molecular complexity index is 430. The van der Waals surface area contributed by atoms with Crippen LogP contribution in [0.2, 0.25) is 5.02 Å². The summed E-state index contributed by atoms with van der Waals surface area (Å²) in [6, 6.07) is 5.25. The molecule has 14 heavy (non-hydrogen) atoms. The van der Waals surface area contributed by atoms with Crippen LogP contribution in [-0.4, -0.2) is 8.42 Å². The van der Waals surface area contributed by atoms with E-state index in [0.29, 0.717) is 10.6 Å². The van der Waals surface area contributed by atoms with Crippen LogP contribution in [-0.2, 0) is 21.1 Å². The summed E-state index contributed by atoms with van der Waals surface area (Å²) < 4.78 is 25.4. The SMILES string of the molecule is Cc1ccc(Cl)c(COS(N)(=O)=O)c1. The Morgan fingerprint density at radius 2 is 2.14 bits per heavy atom. The van der Waals surface area contributed by atoms with Crippen molar-refractivity contribution in [3.8, 4) is 0 Å². The molecule has 0 aliphatic carbocycles. The molecule has 0 saturated carbocycles. The van der Waals surface area contributed by atoms with Gasteiger partial charge in [0.25, 0.3) is 0 Å². The van der Waals surface area contributed by atoms with Crippen molar-refractivity contribution in [3.63, 3.8) is 0 Å². The van der Waals surface area contributed by atoms with Crippen LogP contribution >= 0.6 is 11.6 Å². The van der Waals surface area contributed by atoms with Crippen molar-refractivity contribution in [3.05, 3.63) is 34.3 Å². The summed E-state index contributed by atoms with van der Waals surface area (Å²) in [4.78, 5) is 0. The minimum atomic E-state index is -3.91. The van der Waals surface area contributed by atoms with E-state index in [-0.39, 0.29) is 6.61 Å². The molecule has 0 heterocycles. The first-order chi connectivity index (χ1) is 6.38. The molecule has 0 aliphatic heterocycles. The van der Waals surface area contributed by atoms with Crippen LogP contribution in [0.4, 0.5) is 0 Å². The fourth-order valence-corrected chi connectivity index (χ4v) is 1.42. The van der Waals surface area contributed by atoms with E-state index in [1.165, 1.54) is 0 Å². The van der Waals surface area contributed by atoms with Gasteiger partial charge in [0.15, 0.2) is 0 Å². The molecule has 0 aliphatic rings. The molecule has 0 atom stereocenters. The number of nitrogens with two attached hydrogens (primary N) is 1. The predicted molar refractivity (Wildman–Crippen MR) is 54.1 cm³/mol. The molecule has 0 aromatic heterocycles. The fraction of sp³-hybridized carbons (Fsp3) is 0.250. The first-order valence-electron chi connectivity index (χ1n) is 3.80. The molecule has 1 rings (SSSR count). The average Bonchev–Trinajstić information content (AvgIpc) is 2.05. The van der Waals surface area contributed by atoms with Gasteiger partial charge in [-0.1, -0.05) is 29.3 Å². The lowest BCUT2D eigenvalue weighted by Crippen LogP contribution is -2.15. The number of aryl methyl sites for hydroxylation is 1. The standard InChI is InChI=1S/C8H10ClNO3S/c1-6-2-3-8(9)7(4-6)5-13-14(10,11)12/h2-4H,5H2,1H3,(H2,10,11,12). The maximum atomic E-state index is 10.5. The van der Waals surface area contributed by atoms with E-state index in [1.807, 2.05) is 13.0 Å². The lowest BCUT2D eigenvalue weighted by atomic mass is 10.1. The zero-order chi connectivity index (χ0) is 10.8. The van der Waals surface area contributed by atoms with Crippen LogP contribution in [0.3, 0.4) is 0 Å². The van der Waals surface area contributed by atoms with Crippen LogP contribution in [0.5, 0.6) is 0 Å². The third kappa shape index (κ3) is 3.63. The minimum absolute atomic E-state index is 0.140. The van der Waals surface area contributed by atoms with E-state index in [9.17, 15) is 8.42 Å². The van der Waals surface area contributed by atoms with E-state index < -0.39 is 10.3 Å². The summed E-state index contributed by atoms with van der Waals surface area (Å²) in [5.74, 6) is 0. The number of benzene rings is 1. The number of hydrogen-bond donors (Lipinski definition) is 1. The fourth-order valence-electron chi connectivity index (χ4n) is 0.960. The quantitative estimate of drug-likeness (QED) is 0.860. The second-order valence-electron chi connectivity index (χ2n) is 2.85. The third-order valence-electron chi connectivity index (χ3n) is 1.58. The summed E-state index contributed by atoms with van der Waals surface area (Å²) in [6.07, 6.45) is 0. The molecule has 0 saturated heterocycles. The van der Waals surface area contributed by atoms with Gasteiger partial charge in [0.1, 0.15) is 0 Å². The van der Waals surface area contributed by atoms with Crippen molar-refractivity contribution in [2.75, 3.05) is 0 Å². The van der Waals surface area contributed by atoms with Gasteiger partial charge in [0.05, 0.1) is 6.61 Å². The number of halogens is 1. The topological polar surface area (TPSA) is 69.4 Å². The van der Waals surface area contributed by atoms with Crippen LogP contribution in [0.15, 0.2) is 18.2 Å². The van der Waals surface area contributed by atoms with E-state index >= 15 is 0 Å². The summed E-state index contributed by atoms with van der Waals surface area (Å²) in [7, 11) is -3.91. The van der Waals surface area contributed by atoms with Gasteiger partial charge in [0, 0.05) is 5.02 Å². The summed E-state index contributed by atoms with van der Waals surface area (Å²) in [6.45, 7) is 1.73. The first-order valence-corrected chi connectivity index (χ1v) is 5.65. The van der Waals surface area contributed by atoms with Gasteiger partial charge in [-0.15, -0.1) is 0 Å². The number of rotatable bonds is 3. The van der Waals surface area contributed by atoms with E-state index in [1.54, 1.807) is 12.1 Å². The molecule has 0 unspecified atom stereocenters. The third-order valence-corrected chi connectivity index (χ3v) is 2.40. The molecule has 1 aromatic rings. The Balaban J connectivity index is 2.81. The summed E-state index contributed by atoms with van der Waals surface area (Å²) >= 11 is 5.81. The Morgan fingerprint density at radius 3 is 2.71 bits per heavy atom. The van der Waals surface area contributed by atoms with Gasteiger partial charge in [-0.2, -0.15) is 8.42 Å². The zero-order valence-electron chi connectivity index (χ0n) is 7.53. The Morgan fingerprint density at radius 1 is 1.50 bits per heavy atom. The van der Waals surface area contributed by atoms with Crippen molar-refractivity contribution in [1.29, 1.82) is 0 Å². The highest BCUT2D eigenvalue weighted by molar-refractivity contribution is 7.84. The molecule has 78 valence electrons. The molecule has 0 bridgehead atoms. The van der Waals surface area contributed by atoms with Gasteiger partial charge in [-0.3, -0.25) is 4.18 Å². The van der Waals surface area contributed by atoms with Crippen molar-refractivity contribution in [2.24, 2.45) is 5.14 Å². The van der Waals surface area contributed by atoms with Crippen LogP contribution in [0.25, 0.3) is 0 Å². The largest absolute Gasteiger partial charge is 0.333 e. The van der Waals surface area contributed by atoms with E-state index in [0.717, 1.165) is 5.56 Å². The predicted octanol–water partition coefficient (Wildman–Crippen LogP) is 1.37. The van der Waals surface area contributed by atoms with Crippen molar-refractivity contribution >= 4 is 21.9 Å². The van der Waals surface area contributed by atoms with E-state index in [4.69, 9.17) is 11.6 Å². The lowest BCUT2D eigenvalue weighted by Gasteiger charge is -2.04. The maximum absolute atomic E-state index is 10.5. The highest BCUT2D eigenvalue weighted by Gasteiger charge is 2.06. The molecule has 0 fully saturated rings. The van der Waals surface area contributed by atoms with Gasteiger partial charge in [-0.25, -0.2) is 5.14 Å². The Kier molecular flexibility index (Phi) is 3.49. The Labute approximate surface area is 87.9 Å². The van der Waals surface area contributed by atoms with Crippen LogP contribution < -0.4 is 5.14 Å². The normalized spacial score (nSPS) is 11.6. The molecule has 4 nitrogen and oxygen atoms in total. The maximum Gasteiger partial charge on any atom is 0.333 e. The molecular weight excluding hydrogens is 226 g/mol. The highest BCUT2D eigenvalue weighted by atomic mass is 35.5. The molecule has 0 radical (unpaired) electrons. The average molecular weight is 236 g/mol. The van der Waals surface area contributed by atoms with Crippen LogP contribution in [0.1, 0.15) is 11.1 Å². The first kappa shape index (κ1) is 11.5. The lowest BCUT2D eigenvalue weighted by molar-refractivity contribution is 0.308. The smallest absolute Gasteiger partial charge is 0.253 e. The van der Waals surface area contributed by atoms with Crippen molar-refractivity contribution in [1.82, 2.24) is 0 Å². The molecule has 6 heteroatoms. The second kappa shape index (κ2) is 4.27. The Hall–Kier alpha value is -0.620. The monoisotopic (exact) mass is 235 g/mol. The number of hydrogen-bond acceptors (Lipinski definition) is 3. The molecular formula is C8H10ClNO3S. The molecule has 2 N–H and O–H groups in total. The molecule has 0 amide bonds. The highest BCUT2D eigenvalue weighted by Crippen LogP contribution is 2.18.